The lowest BCUT2D eigenvalue weighted by atomic mass is 10.1. The molecule has 0 atom stereocenters. The number of hydrogen-bond donors (Lipinski definition) is 2. The van der Waals surface area contributed by atoms with E-state index in [2.05, 4.69) is 10.1 Å². The first kappa shape index (κ1) is 8.55. The molecule has 0 saturated heterocycles. The summed E-state index contributed by atoms with van der Waals surface area (Å²) in [6, 6.07) is 5.57. The largest absolute Gasteiger partial charge is 0.398 e. The van der Waals surface area contributed by atoms with Gasteiger partial charge >= 0.3 is 0 Å². The number of hydrogen-bond acceptors (Lipinski definition) is 5. The van der Waals surface area contributed by atoms with Crippen molar-refractivity contribution in [3.05, 3.63) is 23.8 Å². The molecule has 0 unspecified atom stereocenters. The summed E-state index contributed by atoms with van der Waals surface area (Å²) in [6.45, 7) is 1.92. The maximum atomic E-state index is 5.79. The van der Waals surface area contributed by atoms with Crippen molar-refractivity contribution < 1.29 is 4.52 Å². The lowest BCUT2D eigenvalue weighted by Crippen LogP contribution is -1.93. The number of nitrogens with two attached hydrogens (primary N) is 2. The molecule has 0 aliphatic carbocycles. The third-order valence-electron chi connectivity index (χ3n) is 1.96. The van der Waals surface area contributed by atoms with Gasteiger partial charge < -0.3 is 16.0 Å². The minimum Gasteiger partial charge on any atom is -0.398 e. The van der Waals surface area contributed by atoms with Crippen molar-refractivity contribution in [1.29, 1.82) is 0 Å². The molecule has 0 spiro atoms. The summed E-state index contributed by atoms with van der Waals surface area (Å²) in [4.78, 5) is 3.92. The number of aromatic nitrogens is 2. The summed E-state index contributed by atoms with van der Waals surface area (Å²) in [5.41, 5.74) is 13.5. The standard InChI is InChI=1S/C9H10N4O/c1-5-3-2-4-6(10)7(5)8-12-9(11)13-14-8/h2-4H,10H2,1H3,(H2,11,13). The van der Waals surface area contributed by atoms with Crippen molar-refractivity contribution in [2.75, 3.05) is 11.5 Å². The molecule has 2 rings (SSSR count). The summed E-state index contributed by atoms with van der Waals surface area (Å²) in [6.07, 6.45) is 0. The van der Waals surface area contributed by atoms with Crippen molar-refractivity contribution in [2.45, 2.75) is 6.92 Å². The van der Waals surface area contributed by atoms with Gasteiger partial charge in [0.05, 0.1) is 5.56 Å². The first-order valence-corrected chi connectivity index (χ1v) is 4.13. The van der Waals surface area contributed by atoms with Crippen LogP contribution in [0.15, 0.2) is 22.7 Å². The Labute approximate surface area is 80.7 Å². The molecular formula is C9H10N4O. The molecule has 4 N–H and O–H groups in total. The average Bonchev–Trinajstić information content (AvgIpc) is 2.51. The number of anilines is 2. The molecule has 1 heterocycles. The molecule has 0 saturated carbocycles. The topological polar surface area (TPSA) is 91.0 Å². The average molecular weight is 190 g/mol. The van der Waals surface area contributed by atoms with E-state index < -0.39 is 0 Å². The number of rotatable bonds is 1. The van der Waals surface area contributed by atoms with Crippen LogP contribution in [-0.2, 0) is 0 Å². The third-order valence-corrected chi connectivity index (χ3v) is 1.96. The smallest absolute Gasteiger partial charge is 0.261 e. The van der Waals surface area contributed by atoms with Gasteiger partial charge in [-0.15, -0.1) is 0 Å². The van der Waals surface area contributed by atoms with Gasteiger partial charge in [0.15, 0.2) is 0 Å². The van der Waals surface area contributed by atoms with Crippen molar-refractivity contribution in [1.82, 2.24) is 10.1 Å². The minimum absolute atomic E-state index is 0.114. The number of aryl methyl sites for hydroxylation is 1. The fourth-order valence-electron chi connectivity index (χ4n) is 1.32. The molecular weight excluding hydrogens is 180 g/mol. The van der Waals surface area contributed by atoms with E-state index in [9.17, 15) is 0 Å². The predicted octanol–water partition coefficient (Wildman–Crippen LogP) is 1.21. The van der Waals surface area contributed by atoms with Crippen LogP contribution in [0.5, 0.6) is 0 Å². The summed E-state index contributed by atoms with van der Waals surface area (Å²) in [5.74, 6) is 0.473. The van der Waals surface area contributed by atoms with Crippen LogP contribution in [0.2, 0.25) is 0 Å². The molecule has 1 aromatic heterocycles. The number of nitrogen functional groups attached to an aromatic ring is 2. The number of nitrogens with zero attached hydrogens (tertiary/aromatic N) is 2. The highest BCUT2D eigenvalue weighted by Crippen LogP contribution is 2.27. The van der Waals surface area contributed by atoms with E-state index in [1.54, 1.807) is 6.07 Å². The van der Waals surface area contributed by atoms with E-state index in [4.69, 9.17) is 16.0 Å². The zero-order valence-corrected chi connectivity index (χ0v) is 7.69. The highest BCUT2D eigenvalue weighted by atomic mass is 16.5. The molecule has 0 aliphatic rings. The van der Waals surface area contributed by atoms with E-state index in [-0.39, 0.29) is 5.95 Å². The molecule has 0 radical (unpaired) electrons. The van der Waals surface area contributed by atoms with Gasteiger partial charge in [0.1, 0.15) is 0 Å². The first-order chi connectivity index (χ1) is 6.68. The van der Waals surface area contributed by atoms with Gasteiger partial charge in [-0.3, -0.25) is 0 Å². The molecule has 72 valence electrons. The van der Waals surface area contributed by atoms with E-state index in [1.165, 1.54) is 0 Å². The monoisotopic (exact) mass is 190 g/mol. The third kappa shape index (κ3) is 1.28. The van der Waals surface area contributed by atoms with Crippen LogP contribution in [0.1, 0.15) is 5.56 Å². The molecule has 0 fully saturated rings. The lowest BCUT2D eigenvalue weighted by Gasteiger charge is -2.03. The second kappa shape index (κ2) is 3.02. The highest BCUT2D eigenvalue weighted by molar-refractivity contribution is 5.73. The fraction of sp³-hybridized carbons (Fsp3) is 0.111. The van der Waals surface area contributed by atoms with E-state index in [0.717, 1.165) is 11.1 Å². The van der Waals surface area contributed by atoms with Gasteiger partial charge in [-0.1, -0.05) is 12.1 Å². The molecule has 1 aromatic carbocycles. The van der Waals surface area contributed by atoms with Crippen LogP contribution in [0.4, 0.5) is 11.6 Å². The van der Waals surface area contributed by atoms with Gasteiger partial charge in [-0.25, -0.2) is 0 Å². The molecule has 5 nitrogen and oxygen atoms in total. The van der Waals surface area contributed by atoms with Crippen molar-refractivity contribution >= 4 is 11.6 Å². The zero-order chi connectivity index (χ0) is 10.1. The van der Waals surface area contributed by atoms with Gasteiger partial charge in [0, 0.05) is 5.69 Å². The van der Waals surface area contributed by atoms with Gasteiger partial charge in [0.25, 0.3) is 11.8 Å². The van der Waals surface area contributed by atoms with Crippen LogP contribution >= 0.6 is 0 Å². The molecule has 14 heavy (non-hydrogen) atoms. The molecule has 0 amide bonds. The quantitative estimate of drug-likeness (QED) is 0.659. The second-order valence-corrected chi connectivity index (χ2v) is 3.00. The van der Waals surface area contributed by atoms with E-state index in [0.29, 0.717) is 11.6 Å². The fourth-order valence-corrected chi connectivity index (χ4v) is 1.32. The summed E-state index contributed by atoms with van der Waals surface area (Å²) >= 11 is 0. The zero-order valence-electron chi connectivity index (χ0n) is 7.69. The lowest BCUT2D eigenvalue weighted by molar-refractivity contribution is 0.433. The predicted molar refractivity (Wildman–Crippen MR) is 53.3 cm³/mol. The van der Waals surface area contributed by atoms with Crippen LogP contribution in [-0.4, -0.2) is 10.1 Å². The Kier molecular flexibility index (Phi) is 1.85. The Morgan fingerprint density at radius 2 is 2.07 bits per heavy atom. The van der Waals surface area contributed by atoms with Crippen LogP contribution in [0, 0.1) is 6.92 Å². The van der Waals surface area contributed by atoms with Crippen LogP contribution in [0.25, 0.3) is 11.5 Å². The van der Waals surface area contributed by atoms with Gasteiger partial charge in [-0.2, -0.15) is 4.98 Å². The molecule has 0 aliphatic heterocycles. The highest BCUT2D eigenvalue weighted by Gasteiger charge is 2.12. The normalized spacial score (nSPS) is 10.4. The SMILES string of the molecule is Cc1cccc(N)c1-c1nc(N)no1. The first-order valence-electron chi connectivity index (χ1n) is 4.13. The summed E-state index contributed by atoms with van der Waals surface area (Å²) in [7, 11) is 0. The Bertz CT molecular complexity index is 443. The molecule has 2 aromatic rings. The van der Waals surface area contributed by atoms with Crippen molar-refractivity contribution in [3.8, 4) is 11.5 Å². The molecule has 5 heteroatoms. The van der Waals surface area contributed by atoms with Crippen LogP contribution < -0.4 is 11.5 Å². The van der Waals surface area contributed by atoms with Crippen molar-refractivity contribution in [2.24, 2.45) is 0 Å². The minimum atomic E-state index is 0.114. The number of benzene rings is 1. The van der Waals surface area contributed by atoms with Crippen LogP contribution in [0.3, 0.4) is 0 Å². The second-order valence-electron chi connectivity index (χ2n) is 3.00. The Morgan fingerprint density at radius 3 is 2.64 bits per heavy atom. The Balaban J connectivity index is 2.61. The summed E-state index contributed by atoms with van der Waals surface area (Å²) < 4.78 is 4.95. The van der Waals surface area contributed by atoms with E-state index in [1.807, 2.05) is 19.1 Å². The Morgan fingerprint density at radius 1 is 1.29 bits per heavy atom. The summed E-state index contributed by atoms with van der Waals surface area (Å²) in [5, 5.41) is 3.51. The van der Waals surface area contributed by atoms with Crippen molar-refractivity contribution in [3.63, 3.8) is 0 Å². The van der Waals surface area contributed by atoms with Gasteiger partial charge in [0.2, 0.25) is 0 Å². The van der Waals surface area contributed by atoms with Gasteiger partial charge in [-0.05, 0) is 23.7 Å². The molecule has 0 bridgehead atoms. The Hall–Kier alpha value is -2.04. The maximum Gasteiger partial charge on any atom is 0.261 e. The van der Waals surface area contributed by atoms with E-state index >= 15 is 0 Å². The maximum absolute atomic E-state index is 5.79.